The molecule has 0 aliphatic carbocycles. The normalized spacial score (nSPS) is 10.2. The first-order chi connectivity index (χ1) is 10.8. The molecule has 108 valence electrons. The molecule has 0 radical (unpaired) electrons. The zero-order chi connectivity index (χ0) is 15.4. The van der Waals surface area contributed by atoms with Gasteiger partial charge in [-0.25, -0.2) is 19.7 Å². The quantitative estimate of drug-likeness (QED) is 0.793. The van der Waals surface area contributed by atoms with Gasteiger partial charge < -0.3 is 5.11 Å². The van der Waals surface area contributed by atoms with Crippen LogP contribution >= 0.6 is 0 Å². The van der Waals surface area contributed by atoms with Crippen LogP contribution in [0.1, 0.15) is 0 Å². The molecule has 3 aromatic rings. The van der Waals surface area contributed by atoms with Gasteiger partial charge in [0.25, 0.3) is 0 Å². The molecule has 0 saturated heterocycles. The molecule has 0 aliphatic rings. The Bertz CT molecular complexity index is 776. The fourth-order valence-corrected chi connectivity index (χ4v) is 2.17. The summed E-state index contributed by atoms with van der Waals surface area (Å²) in [6, 6.07) is 18.7. The van der Waals surface area contributed by atoms with Crippen molar-refractivity contribution in [1.82, 2.24) is 9.97 Å². The van der Waals surface area contributed by atoms with Crippen LogP contribution in [-0.4, -0.2) is 21.2 Å². The van der Waals surface area contributed by atoms with E-state index in [0.29, 0.717) is 5.69 Å². The van der Waals surface area contributed by atoms with Crippen molar-refractivity contribution in [3.05, 3.63) is 73.1 Å². The Balaban J connectivity index is 2.05. The Labute approximate surface area is 127 Å². The highest BCUT2D eigenvalue weighted by Crippen LogP contribution is 2.27. The van der Waals surface area contributed by atoms with Crippen LogP contribution in [0.2, 0.25) is 0 Å². The zero-order valence-corrected chi connectivity index (χ0v) is 11.6. The first-order valence-corrected chi connectivity index (χ1v) is 6.71. The van der Waals surface area contributed by atoms with Gasteiger partial charge in [-0.1, -0.05) is 42.5 Å². The highest BCUT2D eigenvalue weighted by molar-refractivity contribution is 5.93. The maximum atomic E-state index is 11.6. The fraction of sp³-hybridized carbons (Fsp3) is 0. The van der Waals surface area contributed by atoms with E-state index in [1.807, 2.05) is 42.5 Å². The largest absolute Gasteiger partial charge is 0.464 e. The number of amides is 1. The van der Waals surface area contributed by atoms with Crippen LogP contribution in [0, 0.1) is 0 Å². The van der Waals surface area contributed by atoms with E-state index in [9.17, 15) is 9.90 Å². The molecular formula is C17H13N3O2. The average Bonchev–Trinajstić information content (AvgIpc) is 2.57. The first kappa shape index (κ1) is 13.8. The van der Waals surface area contributed by atoms with Crippen molar-refractivity contribution >= 4 is 17.7 Å². The summed E-state index contributed by atoms with van der Waals surface area (Å²) in [5, 5.41) is 9.49. The van der Waals surface area contributed by atoms with Crippen molar-refractivity contribution in [2.45, 2.75) is 0 Å². The summed E-state index contributed by atoms with van der Waals surface area (Å²) in [7, 11) is 0. The molecule has 1 heterocycles. The Morgan fingerprint density at radius 2 is 1.55 bits per heavy atom. The fourth-order valence-electron chi connectivity index (χ4n) is 2.17. The van der Waals surface area contributed by atoms with Crippen LogP contribution in [0.3, 0.4) is 0 Å². The van der Waals surface area contributed by atoms with Gasteiger partial charge in [-0.2, -0.15) is 0 Å². The van der Waals surface area contributed by atoms with E-state index in [2.05, 4.69) is 9.97 Å². The second-order valence-corrected chi connectivity index (χ2v) is 4.58. The highest BCUT2D eigenvalue weighted by atomic mass is 16.4. The monoisotopic (exact) mass is 291 g/mol. The smallest absolute Gasteiger partial charge is 0.418 e. The lowest BCUT2D eigenvalue weighted by molar-refractivity contribution is 0.204. The molecule has 1 aromatic heterocycles. The predicted molar refractivity (Wildman–Crippen MR) is 84.1 cm³/mol. The van der Waals surface area contributed by atoms with Crippen LogP contribution in [0.15, 0.2) is 73.1 Å². The molecule has 1 N–H and O–H groups in total. The highest BCUT2D eigenvalue weighted by Gasteiger charge is 2.19. The Hall–Kier alpha value is -3.21. The summed E-state index contributed by atoms with van der Waals surface area (Å²) in [5.74, 6) is 0.125. The van der Waals surface area contributed by atoms with Crippen molar-refractivity contribution in [3.63, 3.8) is 0 Å². The van der Waals surface area contributed by atoms with E-state index in [1.54, 1.807) is 18.2 Å². The lowest BCUT2D eigenvalue weighted by Gasteiger charge is -2.17. The third kappa shape index (κ3) is 2.78. The molecule has 5 heteroatoms. The molecule has 0 unspecified atom stereocenters. The van der Waals surface area contributed by atoms with E-state index in [4.69, 9.17) is 0 Å². The Morgan fingerprint density at radius 3 is 2.23 bits per heavy atom. The number of carboxylic acid groups (broad SMARTS) is 1. The topological polar surface area (TPSA) is 66.3 Å². The number of rotatable bonds is 3. The number of carbonyl (C=O) groups is 1. The SMILES string of the molecule is O=C(O)N(c1cccc(-c2ccccc2)c1)c1ncccn1. The standard InChI is InChI=1S/C17H13N3O2/c21-17(22)20(16-18-10-5-11-19-16)15-9-4-8-14(12-15)13-6-2-1-3-7-13/h1-12H,(H,21,22). The number of aromatic nitrogens is 2. The predicted octanol–water partition coefficient (Wildman–Crippen LogP) is 3.96. The molecular weight excluding hydrogens is 278 g/mol. The Morgan fingerprint density at radius 1 is 0.864 bits per heavy atom. The number of anilines is 2. The molecule has 1 amide bonds. The average molecular weight is 291 g/mol. The van der Waals surface area contributed by atoms with Crippen molar-refractivity contribution in [3.8, 4) is 11.1 Å². The van der Waals surface area contributed by atoms with Gasteiger partial charge in [0.05, 0.1) is 5.69 Å². The summed E-state index contributed by atoms with van der Waals surface area (Å²) >= 11 is 0. The summed E-state index contributed by atoms with van der Waals surface area (Å²) in [4.78, 5) is 20.7. The minimum atomic E-state index is -1.13. The number of hydrogen-bond acceptors (Lipinski definition) is 3. The summed E-state index contributed by atoms with van der Waals surface area (Å²) in [6.45, 7) is 0. The maximum Gasteiger partial charge on any atom is 0.418 e. The minimum Gasteiger partial charge on any atom is -0.464 e. The van der Waals surface area contributed by atoms with Crippen LogP contribution < -0.4 is 4.90 Å². The second kappa shape index (κ2) is 6.05. The van der Waals surface area contributed by atoms with Gasteiger partial charge in [0, 0.05) is 12.4 Å². The molecule has 0 spiro atoms. The Kier molecular flexibility index (Phi) is 3.78. The third-order valence-corrected chi connectivity index (χ3v) is 3.15. The van der Waals surface area contributed by atoms with Gasteiger partial charge in [0.2, 0.25) is 5.95 Å². The van der Waals surface area contributed by atoms with Crippen molar-refractivity contribution < 1.29 is 9.90 Å². The van der Waals surface area contributed by atoms with Crippen LogP contribution in [0.4, 0.5) is 16.4 Å². The summed E-state index contributed by atoms with van der Waals surface area (Å²) in [5.41, 5.74) is 2.45. The molecule has 0 aliphatic heterocycles. The van der Waals surface area contributed by atoms with Gasteiger partial charge in [0.1, 0.15) is 0 Å². The molecule has 5 nitrogen and oxygen atoms in total. The number of nitrogens with zero attached hydrogens (tertiary/aromatic N) is 3. The van der Waals surface area contributed by atoms with Gasteiger partial charge in [-0.05, 0) is 29.3 Å². The van der Waals surface area contributed by atoms with Crippen LogP contribution in [0.25, 0.3) is 11.1 Å². The molecule has 2 aromatic carbocycles. The van der Waals surface area contributed by atoms with E-state index in [1.165, 1.54) is 12.4 Å². The molecule has 22 heavy (non-hydrogen) atoms. The van der Waals surface area contributed by atoms with E-state index in [-0.39, 0.29) is 5.95 Å². The van der Waals surface area contributed by atoms with Gasteiger partial charge in [-0.15, -0.1) is 0 Å². The van der Waals surface area contributed by atoms with E-state index in [0.717, 1.165) is 16.0 Å². The molecule has 3 rings (SSSR count). The third-order valence-electron chi connectivity index (χ3n) is 3.15. The number of benzene rings is 2. The lowest BCUT2D eigenvalue weighted by atomic mass is 10.1. The molecule has 0 bridgehead atoms. The first-order valence-electron chi connectivity index (χ1n) is 6.71. The van der Waals surface area contributed by atoms with Gasteiger partial charge in [0.15, 0.2) is 0 Å². The molecule has 0 fully saturated rings. The van der Waals surface area contributed by atoms with Crippen molar-refractivity contribution in [2.24, 2.45) is 0 Å². The van der Waals surface area contributed by atoms with Crippen molar-refractivity contribution in [2.75, 3.05) is 4.90 Å². The van der Waals surface area contributed by atoms with E-state index < -0.39 is 6.09 Å². The molecule has 0 atom stereocenters. The summed E-state index contributed by atoms with van der Waals surface area (Å²) < 4.78 is 0. The zero-order valence-electron chi connectivity index (χ0n) is 11.6. The number of hydrogen-bond donors (Lipinski definition) is 1. The second-order valence-electron chi connectivity index (χ2n) is 4.58. The van der Waals surface area contributed by atoms with Gasteiger partial charge in [-0.3, -0.25) is 0 Å². The van der Waals surface area contributed by atoms with Crippen LogP contribution in [-0.2, 0) is 0 Å². The lowest BCUT2D eigenvalue weighted by Crippen LogP contribution is -2.25. The van der Waals surface area contributed by atoms with Gasteiger partial charge >= 0.3 is 6.09 Å². The minimum absolute atomic E-state index is 0.125. The molecule has 0 saturated carbocycles. The van der Waals surface area contributed by atoms with Crippen LogP contribution in [0.5, 0.6) is 0 Å². The van der Waals surface area contributed by atoms with E-state index >= 15 is 0 Å². The summed E-state index contributed by atoms with van der Waals surface area (Å²) in [6.07, 6.45) is 1.90. The maximum absolute atomic E-state index is 11.6. The van der Waals surface area contributed by atoms with Crippen molar-refractivity contribution in [1.29, 1.82) is 0 Å².